The minimum atomic E-state index is -3.57. The number of sulfonamides is 1. The Hall–Kier alpha value is -2.69. The smallest absolute Gasteiger partial charge is 0.279 e. The Kier molecular flexibility index (Phi) is 5.87. The molecule has 0 bridgehead atoms. The lowest BCUT2D eigenvalue weighted by molar-refractivity contribution is 0.0998. The third-order valence-corrected chi connectivity index (χ3v) is 8.27. The lowest BCUT2D eigenvalue weighted by atomic mass is 10.2. The van der Waals surface area contributed by atoms with Gasteiger partial charge in [0.2, 0.25) is 10.0 Å². The van der Waals surface area contributed by atoms with Gasteiger partial charge >= 0.3 is 0 Å². The minimum absolute atomic E-state index is 0.158. The Morgan fingerprint density at radius 3 is 2.32 bits per heavy atom. The second-order valence-corrected chi connectivity index (χ2v) is 9.88. The number of carbonyl (C=O) groups excluding carboxylic acids is 1. The molecule has 31 heavy (non-hydrogen) atoms. The van der Waals surface area contributed by atoms with Crippen molar-refractivity contribution in [1.82, 2.24) is 8.87 Å². The first-order chi connectivity index (χ1) is 14.8. The summed E-state index contributed by atoms with van der Waals surface area (Å²) in [6.07, 6.45) is 0. The van der Waals surface area contributed by atoms with Gasteiger partial charge in [0.25, 0.3) is 5.91 Å². The molecule has 10 heteroatoms. The van der Waals surface area contributed by atoms with Crippen LogP contribution >= 0.6 is 11.3 Å². The van der Waals surface area contributed by atoms with Crippen LogP contribution in [0.2, 0.25) is 0 Å². The second kappa shape index (κ2) is 8.45. The van der Waals surface area contributed by atoms with E-state index in [1.807, 2.05) is 23.7 Å². The monoisotopic (exact) mass is 461 g/mol. The summed E-state index contributed by atoms with van der Waals surface area (Å²) in [7, 11) is -1.74. The van der Waals surface area contributed by atoms with Gasteiger partial charge in [0.05, 0.1) is 15.1 Å². The lowest BCUT2D eigenvalue weighted by Crippen LogP contribution is -2.30. The van der Waals surface area contributed by atoms with Gasteiger partial charge in [0.1, 0.15) is 13.2 Å². The van der Waals surface area contributed by atoms with Crippen molar-refractivity contribution in [2.45, 2.75) is 18.7 Å². The summed E-state index contributed by atoms with van der Waals surface area (Å²) in [5.74, 6) is 0.921. The molecule has 0 saturated carbocycles. The van der Waals surface area contributed by atoms with E-state index in [1.165, 1.54) is 39.9 Å². The van der Waals surface area contributed by atoms with Crippen LogP contribution in [0.15, 0.2) is 46.3 Å². The maximum Gasteiger partial charge on any atom is 0.279 e. The van der Waals surface area contributed by atoms with Crippen molar-refractivity contribution in [3.63, 3.8) is 0 Å². The maximum atomic E-state index is 12.7. The second-order valence-electron chi connectivity index (χ2n) is 6.94. The third-order valence-electron chi connectivity index (χ3n) is 5.11. The van der Waals surface area contributed by atoms with Gasteiger partial charge in [-0.1, -0.05) is 25.2 Å². The molecule has 0 aliphatic carbocycles. The highest BCUT2D eigenvalue weighted by Crippen LogP contribution is 2.35. The fraction of sp³-hybridized carbons (Fsp3) is 0.333. The van der Waals surface area contributed by atoms with Crippen LogP contribution in [0.5, 0.6) is 11.5 Å². The first kappa shape index (κ1) is 21.5. The fourth-order valence-corrected chi connectivity index (χ4v) is 5.89. The zero-order valence-electron chi connectivity index (χ0n) is 17.5. The zero-order chi connectivity index (χ0) is 22.2. The summed E-state index contributed by atoms with van der Waals surface area (Å²) in [6, 6.07) is 9.67. The van der Waals surface area contributed by atoms with Gasteiger partial charge in [-0.15, -0.1) is 0 Å². The van der Waals surface area contributed by atoms with E-state index in [0.717, 1.165) is 10.2 Å². The minimum Gasteiger partial charge on any atom is -0.486 e. The summed E-state index contributed by atoms with van der Waals surface area (Å²) in [6.45, 7) is 5.36. The van der Waals surface area contributed by atoms with Gasteiger partial charge in [-0.25, -0.2) is 8.42 Å². The Labute approximate surface area is 184 Å². The number of fused-ring (bicyclic) bond motifs is 2. The van der Waals surface area contributed by atoms with Crippen molar-refractivity contribution in [2.75, 3.05) is 26.3 Å². The van der Waals surface area contributed by atoms with Crippen LogP contribution < -0.4 is 14.3 Å². The number of carbonyl (C=O) groups is 1. The van der Waals surface area contributed by atoms with E-state index in [4.69, 9.17) is 9.47 Å². The molecule has 1 aliphatic rings. The average Bonchev–Trinajstić information content (AvgIpc) is 3.07. The van der Waals surface area contributed by atoms with Crippen LogP contribution in [0.25, 0.3) is 10.2 Å². The zero-order valence-corrected chi connectivity index (χ0v) is 19.1. The molecule has 0 unspecified atom stereocenters. The summed E-state index contributed by atoms with van der Waals surface area (Å²) < 4.78 is 40.6. The summed E-state index contributed by atoms with van der Waals surface area (Å²) in [4.78, 5) is 17.7. The van der Waals surface area contributed by atoms with Gasteiger partial charge in [0, 0.05) is 37.8 Å². The molecule has 3 aromatic rings. The normalized spacial score (nSPS) is 14.4. The first-order valence-corrected chi connectivity index (χ1v) is 12.2. The maximum absolute atomic E-state index is 12.7. The van der Waals surface area contributed by atoms with Crippen molar-refractivity contribution in [3.05, 3.63) is 46.8 Å². The van der Waals surface area contributed by atoms with Crippen molar-refractivity contribution >= 4 is 37.5 Å². The van der Waals surface area contributed by atoms with Gasteiger partial charge in [-0.3, -0.25) is 4.79 Å². The molecule has 4 rings (SSSR count). The molecular formula is C21H23N3O5S2. The molecule has 2 heterocycles. The molecule has 0 spiro atoms. The van der Waals surface area contributed by atoms with Crippen LogP contribution in [0.3, 0.4) is 0 Å². The van der Waals surface area contributed by atoms with E-state index in [0.29, 0.717) is 48.2 Å². The number of aromatic nitrogens is 1. The van der Waals surface area contributed by atoms with E-state index in [9.17, 15) is 13.2 Å². The van der Waals surface area contributed by atoms with E-state index in [2.05, 4.69) is 4.99 Å². The molecule has 0 radical (unpaired) electrons. The highest BCUT2D eigenvalue weighted by molar-refractivity contribution is 7.89. The molecule has 1 amide bonds. The van der Waals surface area contributed by atoms with Crippen LogP contribution in [0.4, 0.5) is 0 Å². The van der Waals surface area contributed by atoms with E-state index < -0.39 is 15.9 Å². The average molecular weight is 462 g/mol. The third kappa shape index (κ3) is 3.98. The molecular weight excluding hydrogens is 438 g/mol. The number of nitrogens with zero attached hydrogens (tertiary/aromatic N) is 3. The Bertz CT molecular complexity index is 1300. The molecule has 0 N–H and O–H groups in total. The van der Waals surface area contributed by atoms with Crippen LogP contribution in [0.1, 0.15) is 24.2 Å². The first-order valence-electron chi connectivity index (χ1n) is 9.93. The highest BCUT2D eigenvalue weighted by Gasteiger charge is 2.22. The van der Waals surface area contributed by atoms with Crippen LogP contribution in [-0.2, 0) is 17.1 Å². The predicted octanol–water partition coefficient (Wildman–Crippen LogP) is 2.78. The number of benzene rings is 2. The van der Waals surface area contributed by atoms with Crippen LogP contribution in [0, 0.1) is 0 Å². The van der Waals surface area contributed by atoms with Crippen LogP contribution in [-0.4, -0.2) is 49.5 Å². The van der Waals surface area contributed by atoms with Crippen molar-refractivity contribution in [2.24, 2.45) is 12.0 Å². The number of hydrogen-bond acceptors (Lipinski definition) is 6. The fourth-order valence-electron chi connectivity index (χ4n) is 3.40. The number of aryl methyl sites for hydroxylation is 1. The van der Waals surface area contributed by atoms with Crippen molar-refractivity contribution < 1.29 is 22.7 Å². The van der Waals surface area contributed by atoms with E-state index >= 15 is 0 Å². The van der Waals surface area contributed by atoms with Crippen molar-refractivity contribution in [1.29, 1.82) is 0 Å². The number of amides is 1. The Morgan fingerprint density at radius 1 is 1.10 bits per heavy atom. The quantitative estimate of drug-likeness (QED) is 0.583. The summed E-state index contributed by atoms with van der Waals surface area (Å²) >= 11 is 1.37. The molecule has 164 valence electrons. The van der Waals surface area contributed by atoms with Gasteiger partial charge < -0.3 is 14.0 Å². The molecule has 0 atom stereocenters. The molecule has 1 aliphatic heterocycles. The number of hydrogen-bond donors (Lipinski definition) is 0. The van der Waals surface area contributed by atoms with Gasteiger partial charge in [0.15, 0.2) is 16.3 Å². The summed E-state index contributed by atoms with van der Waals surface area (Å²) in [5, 5.41) is 0. The molecule has 0 saturated heterocycles. The predicted molar refractivity (Wildman–Crippen MR) is 118 cm³/mol. The number of thiazole rings is 1. The summed E-state index contributed by atoms with van der Waals surface area (Å²) in [5.41, 5.74) is 1.21. The van der Waals surface area contributed by atoms with E-state index in [-0.39, 0.29) is 4.90 Å². The number of ether oxygens (including phenoxy) is 2. The lowest BCUT2D eigenvalue weighted by Gasteiger charge is -2.18. The molecule has 8 nitrogen and oxygen atoms in total. The Morgan fingerprint density at radius 2 is 1.71 bits per heavy atom. The molecule has 1 aromatic heterocycles. The number of rotatable bonds is 5. The van der Waals surface area contributed by atoms with Gasteiger partial charge in [-0.05, 0) is 24.3 Å². The SMILES string of the molecule is CCN(CC)S(=O)(=O)c1ccc(C(=O)N=c2sc3cc4c(cc3n2C)OCCO4)cc1. The topological polar surface area (TPSA) is 90.2 Å². The Balaban J connectivity index is 1.66. The van der Waals surface area contributed by atoms with Crippen molar-refractivity contribution in [3.8, 4) is 11.5 Å². The molecule has 2 aromatic carbocycles. The highest BCUT2D eigenvalue weighted by atomic mass is 32.2. The largest absolute Gasteiger partial charge is 0.486 e. The molecule has 0 fully saturated rings. The standard InChI is InChI=1S/C21H23N3O5S2/c1-4-24(5-2)31(26,27)15-8-6-14(7-9-15)20(25)22-21-23(3)16-12-17-18(13-19(16)30-21)29-11-10-28-17/h6-9,12-13H,4-5,10-11H2,1-3H3. The van der Waals surface area contributed by atoms with E-state index in [1.54, 1.807) is 13.8 Å². The van der Waals surface area contributed by atoms with Gasteiger partial charge in [-0.2, -0.15) is 9.30 Å².